The Kier molecular flexibility index (Phi) is 9.30. The second-order valence-electron chi connectivity index (χ2n) is 10.2. The molecule has 216 valence electrons. The maximum atomic E-state index is 11.9. The topological polar surface area (TPSA) is 136 Å². The predicted molar refractivity (Wildman–Crippen MR) is 151 cm³/mol. The van der Waals surface area contributed by atoms with E-state index in [1.165, 1.54) is 18.2 Å². The van der Waals surface area contributed by atoms with Crippen LogP contribution in [-0.2, 0) is 29.0 Å². The fraction of sp³-hybridized carbons (Fsp3) is 0.571. The molecule has 0 bridgehead atoms. The minimum Gasteiger partial charge on any atom is -0.493 e. The molecule has 3 aromatic rings. The zero-order valence-electron chi connectivity index (χ0n) is 23.3. The molecule has 1 amide bonds. The molecule has 1 atom stereocenters. The van der Waals surface area contributed by atoms with Gasteiger partial charge in [0, 0.05) is 37.8 Å². The summed E-state index contributed by atoms with van der Waals surface area (Å²) in [5.74, 6) is 1.63. The third-order valence-corrected chi connectivity index (χ3v) is 7.34. The van der Waals surface area contributed by atoms with Crippen molar-refractivity contribution in [1.29, 1.82) is 0 Å². The van der Waals surface area contributed by atoms with Gasteiger partial charge >= 0.3 is 6.09 Å². The number of anilines is 2. The molecule has 5 rings (SSSR count). The van der Waals surface area contributed by atoms with Gasteiger partial charge in [-0.15, -0.1) is 0 Å². The van der Waals surface area contributed by atoms with E-state index in [2.05, 4.69) is 39.7 Å². The van der Waals surface area contributed by atoms with Crippen LogP contribution in [0.2, 0.25) is 0 Å². The molecule has 1 fully saturated rings. The zero-order valence-corrected chi connectivity index (χ0v) is 23.3. The molecule has 3 N–H and O–H groups in total. The number of nitrogens with zero attached hydrogens (tertiary/aromatic N) is 5. The number of carbonyl (C=O) groups is 1. The number of hydrogen-bond donors (Lipinski definition) is 3. The third kappa shape index (κ3) is 6.45. The van der Waals surface area contributed by atoms with Gasteiger partial charge in [0.05, 0.1) is 39.7 Å². The Morgan fingerprint density at radius 1 is 1.25 bits per heavy atom. The van der Waals surface area contributed by atoms with Gasteiger partial charge in [-0.05, 0) is 36.8 Å². The minimum absolute atomic E-state index is 0.0336. The van der Waals surface area contributed by atoms with Crippen molar-refractivity contribution in [2.45, 2.75) is 58.2 Å². The van der Waals surface area contributed by atoms with Crippen molar-refractivity contribution < 1.29 is 24.1 Å². The van der Waals surface area contributed by atoms with Crippen molar-refractivity contribution >= 4 is 28.9 Å². The fourth-order valence-electron chi connectivity index (χ4n) is 5.25. The van der Waals surface area contributed by atoms with Crippen molar-refractivity contribution in [3.63, 3.8) is 0 Å². The quantitative estimate of drug-likeness (QED) is 0.307. The molecule has 12 heteroatoms. The van der Waals surface area contributed by atoms with Gasteiger partial charge in [0.2, 0.25) is 5.95 Å². The lowest BCUT2D eigenvalue weighted by molar-refractivity contribution is 0.186. The van der Waals surface area contributed by atoms with E-state index < -0.39 is 6.09 Å². The summed E-state index contributed by atoms with van der Waals surface area (Å²) in [6, 6.07) is 4.70. The van der Waals surface area contributed by atoms with Crippen LogP contribution < -0.4 is 20.3 Å². The minimum atomic E-state index is -0.654. The first kappa shape index (κ1) is 28.1. The molecule has 1 aromatic carbocycles. The summed E-state index contributed by atoms with van der Waals surface area (Å²) in [5, 5.41) is 20.8. The summed E-state index contributed by atoms with van der Waals surface area (Å²) in [7, 11) is 1.29. The molecule has 1 unspecified atom stereocenters. The van der Waals surface area contributed by atoms with E-state index in [0.717, 1.165) is 63.2 Å². The first-order valence-electron chi connectivity index (χ1n) is 14.1. The highest BCUT2D eigenvalue weighted by atomic mass is 16.5. The maximum absolute atomic E-state index is 11.9. The first-order chi connectivity index (χ1) is 19.6. The number of aliphatic hydroxyl groups excluding tert-OH is 1. The summed E-state index contributed by atoms with van der Waals surface area (Å²) in [5.41, 5.74) is 4.76. The molecule has 2 aliphatic heterocycles. The van der Waals surface area contributed by atoms with E-state index in [4.69, 9.17) is 19.3 Å². The van der Waals surface area contributed by atoms with E-state index in [1.807, 2.05) is 15.8 Å². The second kappa shape index (κ2) is 13.2. The summed E-state index contributed by atoms with van der Waals surface area (Å²) in [6.07, 6.45) is 6.12. The number of fused-ring (bicyclic) bond motifs is 2. The Morgan fingerprint density at radius 3 is 2.90 bits per heavy atom. The van der Waals surface area contributed by atoms with Crippen molar-refractivity contribution in [2.75, 3.05) is 56.8 Å². The van der Waals surface area contributed by atoms with Gasteiger partial charge in [-0.2, -0.15) is 10.1 Å². The average molecular weight is 554 g/mol. The summed E-state index contributed by atoms with van der Waals surface area (Å²) in [4.78, 5) is 23.0. The van der Waals surface area contributed by atoms with Crippen LogP contribution in [0, 0.1) is 0 Å². The van der Waals surface area contributed by atoms with Crippen molar-refractivity contribution in [2.24, 2.45) is 0 Å². The van der Waals surface area contributed by atoms with Crippen LogP contribution in [0.4, 0.5) is 16.6 Å². The smallest absolute Gasteiger partial charge is 0.413 e. The molecule has 40 heavy (non-hydrogen) atoms. The lowest BCUT2D eigenvalue weighted by Gasteiger charge is -2.24. The van der Waals surface area contributed by atoms with Crippen molar-refractivity contribution in [3.8, 4) is 5.75 Å². The fourth-order valence-corrected chi connectivity index (χ4v) is 5.25. The van der Waals surface area contributed by atoms with Gasteiger partial charge in [-0.25, -0.2) is 9.78 Å². The Morgan fingerprint density at radius 2 is 2.12 bits per heavy atom. The molecule has 0 saturated carbocycles. The number of aromatic nitrogens is 4. The number of nitrogens with one attached hydrogen (secondary N) is 2. The molecule has 0 radical (unpaired) electrons. The number of unbranched alkanes of at least 4 members (excludes halogenated alkanes) is 1. The van der Waals surface area contributed by atoms with Gasteiger partial charge in [-0.3, -0.25) is 10.00 Å². The van der Waals surface area contributed by atoms with E-state index in [0.29, 0.717) is 49.1 Å². The highest BCUT2D eigenvalue weighted by Gasteiger charge is 2.23. The monoisotopic (exact) mass is 553 g/mol. The summed E-state index contributed by atoms with van der Waals surface area (Å²) in [6.45, 7) is 6.72. The summed E-state index contributed by atoms with van der Waals surface area (Å²) < 4.78 is 18.3. The Hall–Kier alpha value is -3.48. The van der Waals surface area contributed by atoms with Gasteiger partial charge in [0.15, 0.2) is 11.3 Å². The molecule has 4 heterocycles. The highest BCUT2D eigenvalue weighted by molar-refractivity contribution is 5.89. The van der Waals surface area contributed by atoms with E-state index in [9.17, 15) is 9.90 Å². The molecule has 2 aromatic heterocycles. The SMILES string of the molecule is CCCCN(CCO)c1nc(NC(=O)OC)nc2cn(Cc3ccc(CNC4CCOC4)c4c3OCCC4)nc12. The largest absolute Gasteiger partial charge is 0.493 e. The van der Waals surface area contributed by atoms with Crippen LogP contribution in [-0.4, -0.2) is 83.6 Å². The summed E-state index contributed by atoms with van der Waals surface area (Å²) >= 11 is 0. The van der Waals surface area contributed by atoms with Gasteiger partial charge in [-0.1, -0.05) is 25.5 Å². The second-order valence-corrected chi connectivity index (χ2v) is 10.2. The molecule has 1 saturated heterocycles. The average Bonchev–Trinajstić information content (AvgIpc) is 3.64. The normalized spacial score (nSPS) is 16.5. The highest BCUT2D eigenvalue weighted by Crippen LogP contribution is 2.33. The number of aliphatic hydroxyl groups is 1. The molecule has 12 nitrogen and oxygen atoms in total. The van der Waals surface area contributed by atoms with Crippen LogP contribution >= 0.6 is 0 Å². The van der Waals surface area contributed by atoms with Crippen LogP contribution in [0.5, 0.6) is 5.75 Å². The van der Waals surface area contributed by atoms with E-state index in [-0.39, 0.29) is 12.6 Å². The van der Waals surface area contributed by atoms with E-state index >= 15 is 0 Å². The number of carbonyl (C=O) groups excluding carboxylic acids is 1. The van der Waals surface area contributed by atoms with Crippen LogP contribution in [0.15, 0.2) is 18.3 Å². The van der Waals surface area contributed by atoms with Crippen molar-refractivity contribution in [1.82, 2.24) is 25.1 Å². The molecule has 0 aliphatic carbocycles. The number of ether oxygens (including phenoxy) is 3. The first-order valence-corrected chi connectivity index (χ1v) is 14.1. The third-order valence-electron chi connectivity index (χ3n) is 7.34. The Labute approximate surface area is 234 Å². The number of benzene rings is 1. The zero-order chi connectivity index (χ0) is 27.9. The lowest BCUT2D eigenvalue weighted by Crippen LogP contribution is -2.29. The van der Waals surface area contributed by atoms with Gasteiger partial charge < -0.3 is 29.5 Å². The van der Waals surface area contributed by atoms with Gasteiger partial charge in [0.1, 0.15) is 11.3 Å². The van der Waals surface area contributed by atoms with Crippen molar-refractivity contribution in [3.05, 3.63) is 35.0 Å². The maximum Gasteiger partial charge on any atom is 0.413 e. The number of hydrogen-bond acceptors (Lipinski definition) is 10. The standard InChI is InChI=1S/C28H39N7O5/c1-3-4-10-34(11-12-36)26-24-23(30-27(31-26)32-28(37)38-2)17-35(33-24)16-20-8-7-19(15-29-21-9-14-39-18-21)22-6-5-13-40-25(20)22/h7-8,17,21,29,36H,3-6,9-16,18H2,1-2H3,(H,30,32,37). The van der Waals surface area contributed by atoms with Crippen LogP contribution in [0.25, 0.3) is 11.0 Å². The Balaban J connectivity index is 1.45. The predicted octanol–water partition coefficient (Wildman–Crippen LogP) is 2.86. The lowest BCUT2D eigenvalue weighted by atomic mass is 9.96. The Bertz CT molecular complexity index is 1310. The molecular formula is C28H39N7O5. The van der Waals surface area contributed by atoms with Crippen LogP contribution in [0.1, 0.15) is 49.3 Å². The number of amides is 1. The number of methoxy groups -OCH3 is 1. The molecular weight excluding hydrogens is 514 g/mol. The molecule has 0 spiro atoms. The molecule has 2 aliphatic rings. The van der Waals surface area contributed by atoms with Gasteiger partial charge in [0.25, 0.3) is 0 Å². The van der Waals surface area contributed by atoms with Crippen LogP contribution in [0.3, 0.4) is 0 Å². The number of rotatable bonds is 12. The van der Waals surface area contributed by atoms with E-state index in [1.54, 1.807) is 0 Å².